The van der Waals surface area contributed by atoms with E-state index in [1.807, 2.05) is 30.3 Å². The first-order chi connectivity index (χ1) is 13.2. The molecule has 0 saturated heterocycles. The molecule has 0 aromatic heterocycles. The zero-order valence-electron chi connectivity index (χ0n) is 16.3. The molecule has 1 atom stereocenters. The quantitative estimate of drug-likeness (QED) is 0.635. The summed E-state index contributed by atoms with van der Waals surface area (Å²) in [6.07, 6.45) is 0. The van der Waals surface area contributed by atoms with Crippen molar-refractivity contribution >= 4 is 12.0 Å². The maximum atomic E-state index is 13.1. The summed E-state index contributed by atoms with van der Waals surface area (Å²) < 4.78 is 13.1. The average molecular weight is 387 g/mol. The van der Waals surface area contributed by atoms with E-state index < -0.39 is 23.5 Å². The molecule has 1 unspecified atom stereocenters. The van der Waals surface area contributed by atoms with Crippen LogP contribution in [0.25, 0.3) is 0 Å². The molecule has 0 aliphatic rings. The minimum Gasteiger partial charge on any atom is -0.480 e. The van der Waals surface area contributed by atoms with Gasteiger partial charge in [0.2, 0.25) is 0 Å². The maximum absolute atomic E-state index is 13.1. The van der Waals surface area contributed by atoms with E-state index in [-0.39, 0.29) is 18.9 Å². The van der Waals surface area contributed by atoms with Gasteiger partial charge in [0.1, 0.15) is 5.82 Å². The molecule has 6 nitrogen and oxygen atoms in total. The summed E-state index contributed by atoms with van der Waals surface area (Å²) in [5, 5.41) is 13.6. The number of nitrogens with one attached hydrogen (secondary N) is 2. The minimum absolute atomic E-state index is 0.179. The number of aliphatic carboxylic acids is 1. The molecule has 0 aliphatic carbocycles. The van der Waals surface area contributed by atoms with Crippen LogP contribution in [0, 0.1) is 11.2 Å². The van der Waals surface area contributed by atoms with Crippen molar-refractivity contribution in [2.75, 3.05) is 0 Å². The van der Waals surface area contributed by atoms with Crippen LogP contribution in [0.15, 0.2) is 54.6 Å². The number of urea groups is 1. The van der Waals surface area contributed by atoms with E-state index in [0.29, 0.717) is 0 Å². The Morgan fingerprint density at radius 2 is 1.57 bits per heavy atom. The van der Waals surface area contributed by atoms with Gasteiger partial charge in [0.15, 0.2) is 6.04 Å². The predicted molar refractivity (Wildman–Crippen MR) is 105 cm³/mol. The number of carboxylic acids is 1. The molecular formula is C21H26FN3O3. The molecule has 0 saturated carbocycles. The number of carboxylic acid groups (broad SMARTS) is 1. The summed E-state index contributed by atoms with van der Waals surface area (Å²) in [5.41, 5.74) is 3.80. The number of halogens is 1. The summed E-state index contributed by atoms with van der Waals surface area (Å²) in [5.74, 6) is -1.48. The summed E-state index contributed by atoms with van der Waals surface area (Å²) >= 11 is 0. The van der Waals surface area contributed by atoms with Gasteiger partial charge in [-0.05, 0) is 28.7 Å². The van der Waals surface area contributed by atoms with E-state index in [1.165, 1.54) is 12.1 Å². The van der Waals surface area contributed by atoms with E-state index in [2.05, 4.69) is 10.7 Å². The fourth-order valence-electron chi connectivity index (χ4n) is 2.79. The SMILES string of the molecule is CC(C)(C)C(C(=O)O)N(NCc1ccc(F)cc1)C(=O)NCc1ccccc1. The van der Waals surface area contributed by atoms with Crippen LogP contribution in [0.4, 0.5) is 9.18 Å². The van der Waals surface area contributed by atoms with Crippen LogP contribution in [-0.2, 0) is 17.9 Å². The third-order valence-corrected chi connectivity index (χ3v) is 4.18. The van der Waals surface area contributed by atoms with Gasteiger partial charge in [0.25, 0.3) is 0 Å². The van der Waals surface area contributed by atoms with E-state index >= 15 is 0 Å². The molecule has 2 rings (SSSR count). The molecule has 0 heterocycles. The molecule has 0 aliphatic heterocycles. The lowest BCUT2D eigenvalue weighted by atomic mass is 9.86. The fourth-order valence-corrected chi connectivity index (χ4v) is 2.79. The second-order valence-electron chi connectivity index (χ2n) is 7.58. The predicted octanol–water partition coefficient (Wildman–Crippen LogP) is 3.54. The first-order valence-corrected chi connectivity index (χ1v) is 9.00. The summed E-state index contributed by atoms with van der Waals surface area (Å²) in [7, 11) is 0. The van der Waals surface area contributed by atoms with Crippen LogP contribution in [0.2, 0.25) is 0 Å². The van der Waals surface area contributed by atoms with Crippen LogP contribution in [0.1, 0.15) is 31.9 Å². The molecule has 0 radical (unpaired) electrons. The zero-order chi connectivity index (χ0) is 20.7. The molecule has 7 heteroatoms. The monoisotopic (exact) mass is 387 g/mol. The Labute approximate surface area is 164 Å². The second kappa shape index (κ2) is 9.32. The average Bonchev–Trinajstić information content (AvgIpc) is 2.63. The molecule has 0 fully saturated rings. The molecule has 0 bridgehead atoms. The van der Waals surface area contributed by atoms with Crippen molar-refractivity contribution in [3.8, 4) is 0 Å². The highest BCUT2D eigenvalue weighted by Crippen LogP contribution is 2.24. The Morgan fingerprint density at radius 3 is 2.11 bits per heavy atom. The van der Waals surface area contributed by atoms with Gasteiger partial charge in [-0.2, -0.15) is 0 Å². The molecule has 28 heavy (non-hydrogen) atoms. The number of carbonyl (C=O) groups excluding carboxylic acids is 1. The molecular weight excluding hydrogens is 361 g/mol. The Kier molecular flexibility index (Phi) is 7.12. The van der Waals surface area contributed by atoms with Gasteiger partial charge in [0.05, 0.1) is 0 Å². The van der Waals surface area contributed by atoms with Crippen molar-refractivity contribution in [1.29, 1.82) is 0 Å². The van der Waals surface area contributed by atoms with Crippen molar-refractivity contribution in [1.82, 2.24) is 15.8 Å². The maximum Gasteiger partial charge on any atom is 0.332 e. The first-order valence-electron chi connectivity index (χ1n) is 9.00. The largest absolute Gasteiger partial charge is 0.480 e. The highest BCUT2D eigenvalue weighted by atomic mass is 19.1. The Hall–Kier alpha value is -2.93. The second-order valence-corrected chi connectivity index (χ2v) is 7.58. The van der Waals surface area contributed by atoms with E-state index in [1.54, 1.807) is 32.9 Å². The zero-order valence-corrected chi connectivity index (χ0v) is 16.3. The summed E-state index contributed by atoms with van der Waals surface area (Å²) in [6, 6.07) is 13.5. The van der Waals surface area contributed by atoms with Crippen LogP contribution in [0.3, 0.4) is 0 Å². The number of carbonyl (C=O) groups is 2. The third kappa shape index (κ3) is 6.06. The highest BCUT2D eigenvalue weighted by Gasteiger charge is 2.39. The highest BCUT2D eigenvalue weighted by molar-refractivity contribution is 5.83. The van der Waals surface area contributed by atoms with E-state index in [0.717, 1.165) is 16.1 Å². The summed E-state index contributed by atoms with van der Waals surface area (Å²) in [6.45, 7) is 5.71. The van der Waals surface area contributed by atoms with Gasteiger partial charge in [-0.3, -0.25) is 0 Å². The van der Waals surface area contributed by atoms with Gasteiger partial charge in [0, 0.05) is 13.1 Å². The van der Waals surface area contributed by atoms with Crippen LogP contribution in [-0.4, -0.2) is 28.2 Å². The summed E-state index contributed by atoms with van der Waals surface area (Å²) in [4.78, 5) is 24.7. The Balaban J connectivity index is 2.17. The topological polar surface area (TPSA) is 81.7 Å². The Morgan fingerprint density at radius 1 is 1.00 bits per heavy atom. The number of benzene rings is 2. The first kappa shape index (κ1) is 21.4. The van der Waals surface area contributed by atoms with E-state index in [9.17, 15) is 19.1 Å². The standard InChI is InChI=1S/C21H26FN3O3/c1-21(2,3)18(19(26)27)25(24-14-16-9-11-17(22)12-10-16)20(28)23-13-15-7-5-4-6-8-15/h4-12,18,24H,13-14H2,1-3H3,(H,23,28)(H,26,27). The molecule has 3 N–H and O–H groups in total. The molecule has 2 amide bonds. The molecule has 0 spiro atoms. The fraction of sp³-hybridized carbons (Fsp3) is 0.333. The van der Waals surface area contributed by atoms with Crippen molar-refractivity contribution in [2.45, 2.75) is 39.9 Å². The number of hydrogen-bond acceptors (Lipinski definition) is 3. The number of hydrogen-bond donors (Lipinski definition) is 3. The van der Waals surface area contributed by atoms with Crippen LogP contribution < -0.4 is 10.7 Å². The van der Waals surface area contributed by atoms with Gasteiger partial charge >= 0.3 is 12.0 Å². The third-order valence-electron chi connectivity index (χ3n) is 4.18. The van der Waals surface area contributed by atoms with Crippen LogP contribution >= 0.6 is 0 Å². The molecule has 2 aromatic rings. The lowest BCUT2D eigenvalue weighted by Crippen LogP contribution is -2.60. The van der Waals surface area contributed by atoms with Crippen molar-refractivity contribution < 1.29 is 19.1 Å². The van der Waals surface area contributed by atoms with Crippen molar-refractivity contribution in [2.24, 2.45) is 5.41 Å². The lowest BCUT2D eigenvalue weighted by Gasteiger charge is -2.37. The molecule has 2 aromatic carbocycles. The van der Waals surface area contributed by atoms with Gasteiger partial charge in [-0.25, -0.2) is 24.4 Å². The number of hydrazine groups is 1. The number of nitrogens with zero attached hydrogens (tertiary/aromatic N) is 1. The Bertz CT molecular complexity index is 789. The minimum atomic E-state index is -1.12. The van der Waals surface area contributed by atoms with Gasteiger partial charge in [-0.15, -0.1) is 0 Å². The van der Waals surface area contributed by atoms with Gasteiger partial charge < -0.3 is 10.4 Å². The normalized spacial score (nSPS) is 12.3. The number of rotatable bonds is 7. The van der Waals surface area contributed by atoms with Crippen LogP contribution in [0.5, 0.6) is 0 Å². The van der Waals surface area contributed by atoms with Gasteiger partial charge in [-0.1, -0.05) is 63.2 Å². The van der Waals surface area contributed by atoms with Crippen molar-refractivity contribution in [3.63, 3.8) is 0 Å². The lowest BCUT2D eigenvalue weighted by molar-refractivity contribution is -0.147. The van der Waals surface area contributed by atoms with Crippen molar-refractivity contribution in [3.05, 3.63) is 71.5 Å². The smallest absolute Gasteiger partial charge is 0.332 e. The number of amides is 2. The molecule has 150 valence electrons. The van der Waals surface area contributed by atoms with E-state index in [4.69, 9.17) is 0 Å².